The van der Waals surface area contributed by atoms with E-state index in [1.165, 1.54) is 12.1 Å². The van der Waals surface area contributed by atoms with Gasteiger partial charge in [0.05, 0.1) is 0 Å². The molecule has 3 nitrogen and oxygen atoms in total. The molecule has 0 aliphatic heterocycles. The van der Waals surface area contributed by atoms with Crippen LogP contribution in [0.5, 0.6) is 0 Å². The first-order valence-electron chi connectivity index (χ1n) is 6.16. The van der Waals surface area contributed by atoms with Crippen LogP contribution in [0.3, 0.4) is 0 Å². The van der Waals surface area contributed by atoms with Crippen LogP contribution in [0.25, 0.3) is 10.9 Å². The fraction of sp³-hybridized carbons (Fsp3) is 0.357. The van der Waals surface area contributed by atoms with Gasteiger partial charge in [0.25, 0.3) is 5.91 Å². The largest absolute Gasteiger partial charge is 0.351 e. The van der Waals surface area contributed by atoms with Crippen LogP contribution < -0.4 is 5.32 Å². The van der Waals surface area contributed by atoms with E-state index in [0.717, 1.165) is 23.7 Å². The minimum atomic E-state index is -0.286. The molecule has 0 unspecified atom stereocenters. The Balaban J connectivity index is 2.28. The summed E-state index contributed by atoms with van der Waals surface area (Å²) in [6, 6.07) is 6.26. The van der Waals surface area contributed by atoms with Crippen molar-refractivity contribution >= 4 is 16.8 Å². The molecule has 18 heavy (non-hydrogen) atoms. The fourth-order valence-electron chi connectivity index (χ4n) is 2.01. The molecule has 96 valence electrons. The van der Waals surface area contributed by atoms with E-state index in [1.54, 1.807) is 16.7 Å². The summed E-state index contributed by atoms with van der Waals surface area (Å²) in [6.07, 6.45) is 2.00. The third-order valence-corrected chi connectivity index (χ3v) is 3.05. The summed E-state index contributed by atoms with van der Waals surface area (Å²) in [5.41, 5.74) is 1.42. The molecule has 1 amide bonds. The maximum Gasteiger partial charge on any atom is 0.267 e. The minimum Gasteiger partial charge on any atom is -0.351 e. The van der Waals surface area contributed by atoms with Crippen LogP contribution in [0.4, 0.5) is 4.39 Å². The Hall–Kier alpha value is -1.84. The molecule has 0 saturated heterocycles. The Labute approximate surface area is 106 Å². The predicted octanol–water partition coefficient (Wildman–Crippen LogP) is 2.85. The van der Waals surface area contributed by atoms with Crippen LogP contribution in [0.15, 0.2) is 24.3 Å². The maximum absolute atomic E-state index is 13.1. The summed E-state index contributed by atoms with van der Waals surface area (Å²) < 4.78 is 14.9. The van der Waals surface area contributed by atoms with Crippen molar-refractivity contribution in [3.05, 3.63) is 35.8 Å². The van der Waals surface area contributed by atoms with Crippen LogP contribution in [-0.4, -0.2) is 17.0 Å². The monoisotopic (exact) mass is 248 g/mol. The SMILES string of the molecule is CCCCNC(=O)c1cc2cc(F)ccc2n1C. The summed E-state index contributed by atoms with van der Waals surface area (Å²) in [6.45, 7) is 2.75. The molecule has 1 aromatic carbocycles. The van der Waals surface area contributed by atoms with E-state index in [9.17, 15) is 9.18 Å². The molecule has 0 aliphatic rings. The molecule has 0 fully saturated rings. The molecule has 0 atom stereocenters. The standard InChI is InChI=1S/C14H17FN2O/c1-3-4-7-16-14(18)13-9-10-8-11(15)5-6-12(10)17(13)2/h5-6,8-9H,3-4,7H2,1-2H3,(H,16,18). The summed E-state index contributed by atoms with van der Waals surface area (Å²) in [7, 11) is 1.81. The van der Waals surface area contributed by atoms with Gasteiger partial charge in [-0.1, -0.05) is 13.3 Å². The van der Waals surface area contributed by atoms with E-state index < -0.39 is 0 Å². The van der Waals surface area contributed by atoms with Gasteiger partial charge >= 0.3 is 0 Å². The van der Waals surface area contributed by atoms with E-state index in [-0.39, 0.29) is 11.7 Å². The zero-order chi connectivity index (χ0) is 13.1. The highest BCUT2D eigenvalue weighted by atomic mass is 19.1. The molecule has 1 N–H and O–H groups in total. The van der Waals surface area contributed by atoms with E-state index in [0.29, 0.717) is 12.2 Å². The Morgan fingerprint density at radius 1 is 1.39 bits per heavy atom. The van der Waals surface area contributed by atoms with Crippen LogP contribution >= 0.6 is 0 Å². The van der Waals surface area contributed by atoms with Gasteiger partial charge in [-0.25, -0.2) is 4.39 Å². The lowest BCUT2D eigenvalue weighted by Gasteiger charge is -2.05. The van der Waals surface area contributed by atoms with Gasteiger partial charge in [-0.15, -0.1) is 0 Å². The van der Waals surface area contributed by atoms with Crippen molar-refractivity contribution in [2.24, 2.45) is 7.05 Å². The Kier molecular flexibility index (Phi) is 3.65. The normalized spacial score (nSPS) is 10.8. The lowest BCUT2D eigenvalue weighted by Crippen LogP contribution is -2.26. The quantitative estimate of drug-likeness (QED) is 0.829. The number of hydrogen-bond donors (Lipinski definition) is 1. The molecule has 1 aromatic heterocycles. The lowest BCUT2D eigenvalue weighted by atomic mass is 10.2. The van der Waals surface area contributed by atoms with Crippen molar-refractivity contribution in [3.8, 4) is 0 Å². The van der Waals surface area contributed by atoms with Gasteiger partial charge in [-0.05, 0) is 30.7 Å². The first-order valence-corrected chi connectivity index (χ1v) is 6.16. The number of carbonyl (C=O) groups excluding carboxylic acids is 1. The molecule has 0 bridgehead atoms. The zero-order valence-electron chi connectivity index (χ0n) is 10.7. The van der Waals surface area contributed by atoms with Gasteiger partial charge in [0.2, 0.25) is 0 Å². The molecule has 2 aromatic rings. The van der Waals surface area contributed by atoms with Gasteiger partial charge in [-0.3, -0.25) is 4.79 Å². The summed E-state index contributed by atoms with van der Waals surface area (Å²) >= 11 is 0. The van der Waals surface area contributed by atoms with Crippen molar-refractivity contribution in [2.75, 3.05) is 6.54 Å². The van der Waals surface area contributed by atoms with Crippen LogP contribution in [0.1, 0.15) is 30.3 Å². The predicted molar refractivity (Wildman–Crippen MR) is 70.1 cm³/mol. The van der Waals surface area contributed by atoms with Gasteiger partial charge in [0, 0.05) is 24.5 Å². The number of amides is 1. The first kappa shape index (κ1) is 12.6. The van der Waals surface area contributed by atoms with Crippen molar-refractivity contribution in [3.63, 3.8) is 0 Å². The zero-order valence-corrected chi connectivity index (χ0v) is 10.7. The second-order valence-corrected chi connectivity index (χ2v) is 4.40. The molecule has 0 saturated carbocycles. The number of unbranched alkanes of at least 4 members (excludes halogenated alkanes) is 1. The van der Waals surface area contributed by atoms with E-state index in [2.05, 4.69) is 12.2 Å². The first-order chi connectivity index (χ1) is 8.63. The third-order valence-electron chi connectivity index (χ3n) is 3.05. The van der Waals surface area contributed by atoms with Crippen molar-refractivity contribution in [1.29, 1.82) is 0 Å². The maximum atomic E-state index is 13.1. The summed E-state index contributed by atoms with van der Waals surface area (Å²) in [5.74, 6) is -0.395. The van der Waals surface area contributed by atoms with Gasteiger partial charge < -0.3 is 9.88 Å². The molecule has 4 heteroatoms. The number of aromatic nitrogens is 1. The van der Waals surface area contributed by atoms with E-state index in [1.807, 2.05) is 7.05 Å². The van der Waals surface area contributed by atoms with E-state index >= 15 is 0 Å². The number of benzene rings is 1. The Morgan fingerprint density at radius 2 is 2.17 bits per heavy atom. The molecule has 0 radical (unpaired) electrons. The summed E-state index contributed by atoms with van der Waals surface area (Å²) in [5, 5.41) is 3.61. The second-order valence-electron chi connectivity index (χ2n) is 4.40. The topological polar surface area (TPSA) is 34.0 Å². The molecule has 0 aliphatic carbocycles. The number of carbonyl (C=O) groups is 1. The number of rotatable bonds is 4. The van der Waals surface area contributed by atoms with E-state index in [4.69, 9.17) is 0 Å². The average molecular weight is 248 g/mol. The number of nitrogens with one attached hydrogen (secondary N) is 1. The fourth-order valence-corrected chi connectivity index (χ4v) is 2.01. The van der Waals surface area contributed by atoms with Crippen LogP contribution in [0.2, 0.25) is 0 Å². The van der Waals surface area contributed by atoms with Crippen molar-refractivity contribution in [1.82, 2.24) is 9.88 Å². The highest BCUT2D eigenvalue weighted by Crippen LogP contribution is 2.19. The third kappa shape index (κ3) is 2.37. The van der Waals surface area contributed by atoms with Crippen molar-refractivity contribution in [2.45, 2.75) is 19.8 Å². The van der Waals surface area contributed by atoms with Crippen molar-refractivity contribution < 1.29 is 9.18 Å². The Morgan fingerprint density at radius 3 is 2.89 bits per heavy atom. The summed E-state index contributed by atoms with van der Waals surface area (Å²) in [4.78, 5) is 12.0. The molecular weight excluding hydrogens is 231 g/mol. The van der Waals surface area contributed by atoms with Gasteiger partial charge in [-0.2, -0.15) is 0 Å². The van der Waals surface area contributed by atoms with Crippen LogP contribution in [0, 0.1) is 5.82 Å². The van der Waals surface area contributed by atoms with Crippen LogP contribution in [-0.2, 0) is 7.05 Å². The molecule has 0 spiro atoms. The number of fused-ring (bicyclic) bond motifs is 1. The highest BCUT2D eigenvalue weighted by molar-refractivity contribution is 5.98. The second kappa shape index (κ2) is 5.21. The highest BCUT2D eigenvalue weighted by Gasteiger charge is 2.12. The number of nitrogens with zero attached hydrogens (tertiary/aromatic N) is 1. The Bertz CT molecular complexity index is 574. The van der Waals surface area contributed by atoms with Gasteiger partial charge in [0.1, 0.15) is 11.5 Å². The lowest BCUT2D eigenvalue weighted by molar-refractivity contribution is 0.0945. The molecule has 1 heterocycles. The average Bonchev–Trinajstić information content (AvgIpc) is 2.66. The molecular formula is C14H17FN2O. The number of hydrogen-bond acceptors (Lipinski definition) is 1. The number of aryl methyl sites for hydroxylation is 1. The smallest absolute Gasteiger partial charge is 0.267 e. The molecule has 2 rings (SSSR count). The number of halogens is 1. The van der Waals surface area contributed by atoms with Gasteiger partial charge in [0.15, 0.2) is 0 Å². The minimum absolute atomic E-state index is 0.109.